The normalized spacial score (nSPS) is 10.4. The molecule has 1 aromatic heterocycles. The molecule has 0 amide bonds. The average molecular weight is 255 g/mol. The molecule has 0 aliphatic carbocycles. The average Bonchev–Trinajstić information content (AvgIpc) is 2.43. The zero-order valence-electron chi connectivity index (χ0n) is 11.4. The largest absolute Gasteiger partial charge is 0.396 e. The van der Waals surface area contributed by atoms with Gasteiger partial charge in [0.25, 0.3) is 0 Å². The second kappa shape index (κ2) is 6.78. The molecule has 0 fully saturated rings. The van der Waals surface area contributed by atoms with Crippen LogP contribution in [0.3, 0.4) is 0 Å². The van der Waals surface area contributed by atoms with Gasteiger partial charge in [-0.15, -0.1) is 0 Å². The standard InChI is InChI=1S/C16H21N3/c1-2-3-4-8-13-9-5-6-11-15(13)19-16-14(17)10-7-12-18-16/h5-7,9-12H,2-4,8,17H2,1H3,(H,18,19). The molecular formula is C16H21N3. The highest BCUT2D eigenvalue weighted by Crippen LogP contribution is 2.24. The summed E-state index contributed by atoms with van der Waals surface area (Å²) in [5, 5.41) is 3.33. The van der Waals surface area contributed by atoms with Crippen molar-refractivity contribution in [1.82, 2.24) is 4.98 Å². The summed E-state index contributed by atoms with van der Waals surface area (Å²) in [4.78, 5) is 4.28. The molecule has 2 aromatic rings. The number of benzene rings is 1. The number of unbranched alkanes of at least 4 members (excludes halogenated alkanes) is 2. The minimum absolute atomic E-state index is 0.672. The van der Waals surface area contributed by atoms with Crippen LogP contribution in [0.4, 0.5) is 17.2 Å². The van der Waals surface area contributed by atoms with Crippen LogP contribution < -0.4 is 11.1 Å². The lowest BCUT2D eigenvalue weighted by Gasteiger charge is -2.12. The SMILES string of the molecule is CCCCCc1ccccc1Nc1ncccc1N. The number of para-hydroxylation sites is 1. The van der Waals surface area contributed by atoms with Crippen molar-refractivity contribution < 1.29 is 0 Å². The Morgan fingerprint density at radius 2 is 1.95 bits per heavy atom. The Bertz CT molecular complexity index is 523. The summed E-state index contributed by atoms with van der Waals surface area (Å²) >= 11 is 0. The first-order valence-electron chi connectivity index (χ1n) is 6.86. The Labute approximate surface area is 114 Å². The minimum Gasteiger partial charge on any atom is -0.396 e. The first kappa shape index (κ1) is 13.4. The number of hydrogen-bond acceptors (Lipinski definition) is 3. The quantitative estimate of drug-likeness (QED) is 0.763. The van der Waals surface area contributed by atoms with Crippen molar-refractivity contribution in [2.45, 2.75) is 32.6 Å². The summed E-state index contributed by atoms with van der Waals surface area (Å²) in [7, 11) is 0. The fourth-order valence-corrected chi connectivity index (χ4v) is 2.08. The summed E-state index contributed by atoms with van der Waals surface area (Å²) in [6.45, 7) is 2.22. The Morgan fingerprint density at radius 1 is 1.11 bits per heavy atom. The molecule has 0 aliphatic heterocycles. The third kappa shape index (κ3) is 3.71. The summed E-state index contributed by atoms with van der Waals surface area (Å²) in [6.07, 6.45) is 6.55. The number of nitrogens with one attached hydrogen (secondary N) is 1. The van der Waals surface area contributed by atoms with Gasteiger partial charge in [0.15, 0.2) is 5.82 Å². The van der Waals surface area contributed by atoms with E-state index in [9.17, 15) is 0 Å². The van der Waals surface area contributed by atoms with E-state index in [1.54, 1.807) is 6.20 Å². The highest BCUT2D eigenvalue weighted by Gasteiger charge is 2.04. The number of nitrogens with zero attached hydrogens (tertiary/aromatic N) is 1. The fourth-order valence-electron chi connectivity index (χ4n) is 2.08. The molecule has 0 saturated carbocycles. The van der Waals surface area contributed by atoms with E-state index < -0.39 is 0 Å². The molecule has 3 N–H and O–H groups in total. The van der Waals surface area contributed by atoms with E-state index in [2.05, 4.69) is 35.4 Å². The zero-order valence-corrected chi connectivity index (χ0v) is 11.4. The Kier molecular flexibility index (Phi) is 4.78. The van der Waals surface area contributed by atoms with Crippen LogP contribution in [-0.4, -0.2) is 4.98 Å². The van der Waals surface area contributed by atoms with Gasteiger partial charge in [-0.25, -0.2) is 4.98 Å². The number of nitrogens with two attached hydrogens (primary N) is 1. The predicted molar refractivity (Wildman–Crippen MR) is 81.6 cm³/mol. The van der Waals surface area contributed by atoms with Crippen LogP contribution in [0, 0.1) is 0 Å². The van der Waals surface area contributed by atoms with Gasteiger partial charge in [0, 0.05) is 11.9 Å². The maximum Gasteiger partial charge on any atom is 0.153 e. The molecule has 1 heterocycles. The minimum atomic E-state index is 0.672. The maximum atomic E-state index is 5.92. The highest BCUT2D eigenvalue weighted by atomic mass is 15.0. The predicted octanol–water partition coefficient (Wildman–Crippen LogP) is 4.14. The highest BCUT2D eigenvalue weighted by molar-refractivity contribution is 5.70. The molecule has 0 aliphatic rings. The van der Waals surface area contributed by atoms with Gasteiger partial charge in [0.05, 0.1) is 5.69 Å². The van der Waals surface area contributed by atoms with Gasteiger partial charge in [-0.1, -0.05) is 38.0 Å². The Balaban J connectivity index is 2.13. The van der Waals surface area contributed by atoms with Crippen molar-refractivity contribution in [2.75, 3.05) is 11.1 Å². The van der Waals surface area contributed by atoms with E-state index in [1.807, 2.05) is 18.2 Å². The summed E-state index contributed by atoms with van der Waals surface area (Å²) in [5.41, 5.74) is 9.01. The third-order valence-electron chi connectivity index (χ3n) is 3.16. The number of nitrogen functional groups attached to an aromatic ring is 1. The van der Waals surface area contributed by atoms with Crippen molar-refractivity contribution in [1.29, 1.82) is 0 Å². The number of aryl methyl sites for hydroxylation is 1. The van der Waals surface area contributed by atoms with Gasteiger partial charge in [-0.05, 0) is 36.6 Å². The summed E-state index contributed by atoms with van der Waals surface area (Å²) in [6, 6.07) is 12.0. The van der Waals surface area contributed by atoms with Crippen LogP contribution in [0.25, 0.3) is 0 Å². The number of hydrogen-bond donors (Lipinski definition) is 2. The van der Waals surface area contributed by atoms with E-state index in [-0.39, 0.29) is 0 Å². The number of rotatable bonds is 6. The van der Waals surface area contributed by atoms with Gasteiger partial charge in [0.2, 0.25) is 0 Å². The van der Waals surface area contributed by atoms with Crippen molar-refractivity contribution in [3.05, 3.63) is 48.2 Å². The van der Waals surface area contributed by atoms with Gasteiger partial charge in [-0.2, -0.15) is 0 Å². The fraction of sp³-hybridized carbons (Fsp3) is 0.312. The van der Waals surface area contributed by atoms with Crippen LogP contribution in [0.2, 0.25) is 0 Å². The second-order valence-corrected chi connectivity index (χ2v) is 4.68. The van der Waals surface area contributed by atoms with Crippen molar-refractivity contribution in [3.63, 3.8) is 0 Å². The van der Waals surface area contributed by atoms with Crippen molar-refractivity contribution >= 4 is 17.2 Å². The molecule has 3 nitrogen and oxygen atoms in total. The molecule has 100 valence electrons. The molecule has 0 bridgehead atoms. The van der Waals surface area contributed by atoms with E-state index in [0.29, 0.717) is 5.69 Å². The molecule has 0 saturated heterocycles. The Morgan fingerprint density at radius 3 is 2.74 bits per heavy atom. The lowest BCUT2D eigenvalue weighted by atomic mass is 10.1. The molecule has 0 spiro atoms. The van der Waals surface area contributed by atoms with Gasteiger partial charge >= 0.3 is 0 Å². The van der Waals surface area contributed by atoms with E-state index in [1.165, 1.54) is 24.8 Å². The van der Waals surface area contributed by atoms with E-state index >= 15 is 0 Å². The van der Waals surface area contributed by atoms with Crippen LogP contribution in [0.15, 0.2) is 42.6 Å². The first-order chi connectivity index (χ1) is 9.31. The van der Waals surface area contributed by atoms with E-state index in [0.717, 1.165) is 17.9 Å². The molecule has 0 atom stereocenters. The third-order valence-corrected chi connectivity index (χ3v) is 3.16. The molecule has 1 aromatic carbocycles. The summed E-state index contributed by atoms with van der Waals surface area (Å²) < 4.78 is 0. The molecule has 3 heteroatoms. The van der Waals surface area contributed by atoms with Crippen molar-refractivity contribution in [2.24, 2.45) is 0 Å². The number of anilines is 3. The molecule has 0 radical (unpaired) electrons. The number of aromatic nitrogens is 1. The van der Waals surface area contributed by atoms with Crippen LogP contribution in [0.5, 0.6) is 0 Å². The van der Waals surface area contributed by atoms with Crippen molar-refractivity contribution in [3.8, 4) is 0 Å². The smallest absolute Gasteiger partial charge is 0.153 e. The van der Waals surface area contributed by atoms with Crippen LogP contribution in [0.1, 0.15) is 31.7 Å². The monoisotopic (exact) mass is 255 g/mol. The maximum absolute atomic E-state index is 5.92. The Hall–Kier alpha value is -2.03. The first-order valence-corrected chi connectivity index (χ1v) is 6.86. The molecular weight excluding hydrogens is 234 g/mol. The lowest BCUT2D eigenvalue weighted by Crippen LogP contribution is -2.01. The molecule has 2 rings (SSSR count). The summed E-state index contributed by atoms with van der Waals surface area (Å²) in [5.74, 6) is 0.727. The topological polar surface area (TPSA) is 50.9 Å². The molecule has 19 heavy (non-hydrogen) atoms. The van der Waals surface area contributed by atoms with Crippen LogP contribution in [-0.2, 0) is 6.42 Å². The molecule has 0 unspecified atom stereocenters. The van der Waals surface area contributed by atoms with Gasteiger partial charge in [0.1, 0.15) is 0 Å². The van der Waals surface area contributed by atoms with E-state index in [4.69, 9.17) is 5.73 Å². The number of pyridine rings is 1. The second-order valence-electron chi connectivity index (χ2n) is 4.68. The van der Waals surface area contributed by atoms with Gasteiger partial charge in [-0.3, -0.25) is 0 Å². The van der Waals surface area contributed by atoms with Crippen LogP contribution >= 0.6 is 0 Å². The zero-order chi connectivity index (χ0) is 13.5. The van der Waals surface area contributed by atoms with Gasteiger partial charge < -0.3 is 11.1 Å². The lowest BCUT2D eigenvalue weighted by molar-refractivity contribution is 0.718.